The highest BCUT2D eigenvalue weighted by Crippen LogP contribution is 2.52. The number of rotatable bonds is 3. The predicted molar refractivity (Wildman–Crippen MR) is 56.9 cm³/mol. The highest BCUT2D eigenvalue weighted by molar-refractivity contribution is 8.39. The Morgan fingerprint density at radius 3 is 2.27 bits per heavy atom. The van der Waals surface area contributed by atoms with Gasteiger partial charge in [0.15, 0.2) is 0 Å². The van der Waals surface area contributed by atoms with E-state index in [-0.39, 0.29) is 10.1 Å². The van der Waals surface area contributed by atoms with E-state index in [1.54, 1.807) is 0 Å². The summed E-state index contributed by atoms with van der Waals surface area (Å²) >= 11 is 2.04. The minimum absolute atomic E-state index is 0.219. The Labute approximate surface area is 93.6 Å². The summed E-state index contributed by atoms with van der Waals surface area (Å²) in [5, 5.41) is 11.1. The third-order valence-electron chi connectivity index (χ3n) is 1.55. The number of hydrogen-bond donors (Lipinski definition) is 3. The second-order valence-corrected chi connectivity index (χ2v) is 5.30. The molecule has 0 aromatic heterocycles. The molecular weight excluding hydrogens is 240 g/mol. The molecule has 0 saturated carbocycles. The number of carbonyl (C=O) groups excluding carboxylic acids is 2. The van der Waals surface area contributed by atoms with Crippen LogP contribution in [-0.2, 0) is 14.4 Å². The molecule has 1 heterocycles. The standard InChI is InChI=1S/C7H8N2O4S2/c1-9-4(11)7-14-6(15-7)2(3(8)10)5(12)13/h7H,1H3,(H2,8,10)(H,9,11)(H,12,13). The van der Waals surface area contributed by atoms with Gasteiger partial charge in [-0.3, -0.25) is 9.59 Å². The van der Waals surface area contributed by atoms with Crippen LogP contribution in [-0.4, -0.2) is 34.5 Å². The maximum atomic E-state index is 11.1. The lowest BCUT2D eigenvalue weighted by Crippen LogP contribution is -2.32. The maximum Gasteiger partial charge on any atom is 0.343 e. The molecule has 0 aliphatic carbocycles. The predicted octanol–water partition coefficient (Wildman–Crippen LogP) is -0.680. The number of carboxylic acids is 1. The minimum atomic E-state index is -1.37. The number of aliphatic carboxylic acids is 1. The van der Waals surface area contributed by atoms with Crippen molar-refractivity contribution in [3.63, 3.8) is 0 Å². The van der Waals surface area contributed by atoms with Crippen LogP contribution in [0.25, 0.3) is 0 Å². The molecule has 0 aromatic rings. The molecule has 15 heavy (non-hydrogen) atoms. The van der Waals surface area contributed by atoms with E-state index in [2.05, 4.69) is 5.32 Å². The topological polar surface area (TPSA) is 109 Å². The van der Waals surface area contributed by atoms with Gasteiger partial charge >= 0.3 is 5.97 Å². The summed E-state index contributed by atoms with van der Waals surface area (Å²) in [4.78, 5) is 32.5. The van der Waals surface area contributed by atoms with Crippen molar-refractivity contribution in [1.29, 1.82) is 0 Å². The van der Waals surface area contributed by atoms with Crippen molar-refractivity contribution in [3.05, 3.63) is 9.81 Å². The van der Waals surface area contributed by atoms with E-state index in [0.717, 1.165) is 23.5 Å². The fraction of sp³-hybridized carbons (Fsp3) is 0.286. The van der Waals surface area contributed by atoms with E-state index < -0.39 is 22.0 Å². The Morgan fingerprint density at radius 1 is 1.40 bits per heavy atom. The summed E-state index contributed by atoms with van der Waals surface area (Å²) in [6.07, 6.45) is 0. The van der Waals surface area contributed by atoms with Crippen LogP contribution in [0.5, 0.6) is 0 Å². The molecule has 8 heteroatoms. The normalized spacial score (nSPS) is 19.0. The molecular formula is C7H8N2O4S2. The number of hydrogen-bond acceptors (Lipinski definition) is 5. The van der Waals surface area contributed by atoms with Crippen molar-refractivity contribution >= 4 is 41.3 Å². The van der Waals surface area contributed by atoms with Crippen molar-refractivity contribution in [3.8, 4) is 0 Å². The van der Waals surface area contributed by atoms with Crippen LogP contribution in [0.3, 0.4) is 0 Å². The monoisotopic (exact) mass is 248 g/mol. The molecule has 1 aliphatic rings. The highest BCUT2D eigenvalue weighted by atomic mass is 32.3. The van der Waals surface area contributed by atoms with E-state index in [4.69, 9.17) is 10.8 Å². The Kier molecular flexibility index (Phi) is 3.64. The first-order chi connectivity index (χ1) is 6.97. The molecule has 2 amide bonds. The SMILES string of the molecule is CNC(=O)C1SC(=C(C(N)=O)C(=O)O)S1. The largest absolute Gasteiger partial charge is 0.477 e. The van der Waals surface area contributed by atoms with Crippen molar-refractivity contribution in [2.24, 2.45) is 5.73 Å². The van der Waals surface area contributed by atoms with Crippen LogP contribution >= 0.6 is 23.5 Å². The van der Waals surface area contributed by atoms with Crippen LogP contribution in [0.2, 0.25) is 0 Å². The zero-order chi connectivity index (χ0) is 11.6. The van der Waals surface area contributed by atoms with Crippen LogP contribution in [0, 0.1) is 0 Å². The molecule has 0 radical (unpaired) electrons. The number of nitrogens with two attached hydrogens (primary N) is 1. The first-order valence-corrected chi connectivity index (χ1v) is 5.55. The number of primary amides is 1. The Hall–Kier alpha value is -1.15. The lowest BCUT2D eigenvalue weighted by molar-refractivity contribution is -0.134. The van der Waals surface area contributed by atoms with Crippen molar-refractivity contribution in [1.82, 2.24) is 5.32 Å². The smallest absolute Gasteiger partial charge is 0.343 e. The summed E-state index contributed by atoms with van der Waals surface area (Å²) in [6, 6.07) is 0. The molecule has 4 N–H and O–H groups in total. The average molecular weight is 248 g/mol. The maximum absolute atomic E-state index is 11.1. The molecule has 1 aliphatic heterocycles. The summed E-state index contributed by atoms with van der Waals surface area (Å²) in [6.45, 7) is 0. The Morgan fingerprint density at radius 2 is 1.93 bits per heavy atom. The zero-order valence-electron chi connectivity index (χ0n) is 7.64. The molecule has 0 atom stereocenters. The lowest BCUT2D eigenvalue weighted by Gasteiger charge is -2.26. The zero-order valence-corrected chi connectivity index (χ0v) is 9.28. The van der Waals surface area contributed by atoms with Gasteiger partial charge in [0, 0.05) is 7.05 Å². The molecule has 1 fully saturated rings. The Balaban J connectivity index is 2.76. The molecule has 0 unspecified atom stereocenters. The third kappa shape index (κ3) is 2.45. The quantitative estimate of drug-likeness (QED) is 0.347. The van der Waals surface area contributed by atoms with Crippen LogP contribution in [0.15, 0.2) is 9.81 Å². The van der Waals surface area contributed by atoms with Gasteiger partial charge in [-0.15, -0.1) is 0 Å². The summed E-state index contributed by atoms with van der Waals surface area (Å²) in [7, 11) is 1.48. The van der Waals surface area contributed by atoms with Gasteiger partial charge in [-0.05, 0) is 0 Å². The van der Waals surface area contributed by atoms with Gasteiger partial charge in [-0.1, -0.05) is 23.5 Å². The number of nitrogens with one attached hydrogen (secondary N) is 1. The summed E-state index contributed by atoms with van der Waals surface area (Å²) < 4.78 is -0.123. The van der Waals surface area contributed by atoms with Crippen molar-refractivity contribution < 1.29 is 19.5 Å². The van der Waals surface area contributed by atoms with Crippen molar-refractivity contribution in [2.75, 3.05) is 7.05 Å². The van der Waals surface area contributed by atoms with Crippen LogP contribution < -0.4 is 11.1 Å². The second-order valence-electron chi connectivity index (χ2n) is 2.51. The average Bonchev–Trinajstić information content (AvgIpc) is 2.07. The highest BCUT2D eigenvalue weighted by Gasteiger charge is 2.36. The van der Waals surface area contributed by atoms with Crippen molar-refractivity contribution in [2.45, 2.75) is 4.58 Å². The molecule has 1 saturated heterocycles. The summed E-state index contributed by atoms with van der Waals surface area (Å²) in [5.41, 5.74) is 4.44. The molecule has 0 spiro atoms. The molecule has 6 nitrogen and oxygen atoms in total. The fourth-order valence-electron chi connectivity index (χ4n) is 0.839. The van der Waals surface area contributed by atoms with Gasteiger partial charge in [0.25, 0.3) is 5.91 Å². The van der Waals surface area contributed by atoms with Crippen LogP contribution in [0.4, 0.5) is 0 Å². The van der Waals surface area contributed by atoms with Gasteiger partial charge in [-0.25, -0.2) is 4.79 Å². The molecule has 0 aromatic carbocycles. The van der Waals surface area contributed by atoms with Gasteiger partial charge in [0.1, 0.15) is 10.2 Å². The number of thioether (sulfide) groups is 2. The first kappa shape index (κ1) is 11.9. The van der Waals surface area contributed by atoms with Gasteiger partial charge in [-0.2, -0.15) is 0 Å². The van der Waals surface area contributed by atoms with Gasteiger partial charge < -0.3 is 16.2 Å². The molecule has 82 valence electrons. The number of amides is 2. The summed E-state index contributed by atoms with van der Waals surface area (Å²) in [5.74, 6) is -2.58. The third-order valence-corrected chi connectivity index (χ3v) is 4.40. The van der Waals surface area contributed by atoms with Crippen LogP contribution in [0.1, 0.15) is 0 Å². The molecule has 0 bridgehead atoms. The van der Waals surface area contributed by atoms with E-state index in [1.807, 2.05) is 0 Å². The van der Waals surface area contributed by atoms with E-state index in [0.29, 0.717) is 0 Å². The van der Waals surface area contributed by atoms with E-state index in [9.17, 15) is 14.4 Å². The first-order valence-electron chi connectivity index (χ1n) is 3.79. The molecule has 1 rings (SSSR count). The van der Waals surface area contributed by atoms with Gasteiger partial charge in [0.05, 0.1) is 4.24 Å². The number of carboxylic acid groups (broad SMARTS) is 1. The number of carbonyl (C=O) groups is 3. The Bertz CT molecular complexity index is 342. The van der Waals surface area contributed by atoms with E-state index in [1.165, 1.54) is 7.05 Å². The lowest BCUT2D eigenvalue weighted by atomic mass is 10.3. The fourth-order valence-corrected chi connectivity index (χ4v) is 3.17. The second kappa shape index (κ2) is 4.58. The van der Waals surface area contributed by atoms with Gasteiger partial charge in [0.2, 0.25) is 5.91 Å². The minimum Gasteiger partial charge on any atom is -0.477 e. The van der Waals surface area contributed by atoms with E-state index >= 15 is 0 Å².